The molecule has 70 heavy (non-hydrogen) atoms. The zero-order chi connectivity index (χ0) is 46.3. The molecule has 0 fully saturated rings. The summed E-state index contributed by atoms with van der Waals surface area (Å²) in [6.45, 7) is 0. The molecule has 0 amide bonds. The topological polar surface area (TPSA) is 72.1 Å². The van der Waals surface area contributed by atoms with E-state index in [-0.39, 0.29) is 5.57 Å². The van der Waals surface area contributed by atoms with E-state index in [2.05, 4.69) is 127 Å². The van der Waals surface area contributed by atoms with E-state index in [9.17, 15) is 0 Å². The second-order valence-corrected chi connectivity index (χ2v) is 20.3. The Hall–Kier alpha value is -8.96. The van der Waals surface area contributed by atoms with Crippen molar-refractivity contribution in [2.45, 2.75) is 0 Å². The number of hydrogen-bond acceptors (Lipinski definition) is 5. The van der Waals surface area contributed by atoms with Gasteiger partial charge in [0.1, 0.15) is 11.2 Å². The van der Waals surface area contributed by atoms with Gasteiger partial charge < -0.3 is 4.42 Å². The zero-order valence-electron chi connectivity index (χ0n) is 37.6. The summed E-state index contributed by atoms with van der Waals surface area (Å²) in [5.41, 5.74) is 11.2. The molecule has 2 aromatic heterocycles. The van der Waals surface area contributed by atoms with Gasteiger partial charge in [-0.05, 0) is 115 Å². The molecule has 0 aliphatic carbocycles. The van der Waals surface area contributed by atoms with Gasteiger partial charge in [-0.2, -0.15) is 0 Å². The summed E-state index contributed by atoms with van der Waals surface area (Å²) >= 11 is 0. The Morgan fingerprint density at radius 3 is 1.56 bits per heavy atom. The van der Waals surface area contributed by atoms with E-state index < -0.39 is 7.29 Å². The van der Waals surface area contributed by atoms with Gasteiger partial charge in [-0.15, -0.1) is 0 Å². The minimum absolute atomic E-state index is 0.213. The van der Waals surface area contributed by atoms with E-state index in [0.29, 0.717) is 17.0 Å². The number of hydrogen-bond donors (Lipinski definition) is 0. The van der Waals surface area contributed by atoms with Crippen LogP contribution in [0.4, 0.5) is 11.4 Å². The van der Waals surface area contributed by atoms with Crippen LogP contribution >= 0.6 is 7.29 Å². The van der Waals surface area contributed by atoms with Crippen LogP contribution in [0.15, 0.2) is 241 Å². The Balaban J connectivity index is 0.947. The fraction of sp³-hybridized carbons (Fsp3) is 0. The van der Waals surface area contributed by atoms with E-state index in [1.807, 2.05) is 114 Å². The number of fused-ring (bicyclic) bond motifs is 12. The Morgan fingerprint density at radius 1 is 0.357 bits per heavy atom. The van der Waals surface area contributed by atoms with Crippen LogP contribution in [0.1, 0.15) is 0 Å². The van der Waals surface area contributed by atoms with Crippen molar-refractivity contribution in [2.75, 3.05) is 4.67 Å². The van der Waals surface area contributed by atoms with Gasteiger partial charge >= 0.3 is 0 Å². The molecule has 0 saturated carbocycles. The van der Waals surface area contributed by atoms with Crippen molar-refractivity contribution in [3.63, 3.8) is 0 Å². The standard InChI is InChI=1S/C63H39N4O2P/c68-70(63-65-61(40-17-4-1-5-18-40)64-62(66-63)41-19-6-2-7-20-41)59-30-15-14-27-52(59)54-39-44(32-35-56(54)67(70)45-21-8-3-9-22-45)46-28-16-29-58-60(46)55-38-43(33-36-57(55)69-58)42-31-34-51-49-25-11-10-23-47(49)48-24-12-13-26-50(48)53(51)37-42/h1-39H. The van der Waals surface area contributed by atoms with Gasteiger partial charge in [0.05, 0.1) is 5.69 Å². The highest BCUT2D eigenvalue weighted by Crippen LogP contribution is 2.61. The molecule has 7 heteroatoms. The number of nitrogens with zero attached hydrogens (tertiary/aromatic N) is 4. The lowest BCUT2D eigenvalue weighted by atomic mass is 9.91. The van der Waals surface area contributed by atoms with Gasteiger partial charge in [0.25, 0.3) is 7.29 Å². The van der Waals surface area contributed by atoms with Gasteiger partial charge in [-0.1, -0.05) is 182 Å². The Kier molecular flexibility index (Phi) is 9.07. The SMILES string of the molecule is O=P1(c2nc(-c3ccccc3)nc(-c3ccccc3)n2)c2ccccc2-c2cc(-c3cccc4oc5ccc(-c6ccc7c8ccccc8c8ccccc8c7c6)cc5c34)ccc2N1c1ccccc1. The fourth-order valence-corrected chi connectivity index (χ4v) is 13.5. The zero-order valence-corrected chi connectivity index (χ0v) is 38.5. The molecular weight excluding hydrogens is 876 g/mol. The molecule has 1 aliphatic heterocycles. The first-order chi connectivity index (χ1) is 34.6. The fourth-order valence-electron chi connectivity index (χ4n) is 10.7. The van der Waals surface area contributed by atoms with Crippen LogP contribution < -0.4 is 15.5 Å². The summed E-state index contributed by atoms with van der Waals surface area (Å²) < 4.78 is 25.5. The summed E-state index contributed by atoms with van der Waals surface area (Å²) in [6, 6.07) is 81.2. The highest BCUT2D eigenvalue weighted by atomic mass is 31.2. The molecule has 0 spiro atoms. The minimum atomic E-state index is -3.88. The van der Waals surface area contributed by atoms with Crippen molar-refractivity contribution < 1.29 is 8.98 Å². The van der Waals surface area contributed by atoms with E-state index in [4.69, 9.17) is 19.4 Å². The van der Waals surface area contributed by atoms with E-state index >= 15 is 4.57 Å². The molecule has 0 radical (unpaired) electrons. The number of anilines is 2. The first-order valence-electron chi connectivity index (χ1n) is 23.4. The molecule has 0 saturated heterocycles. The second kappa shape index (κ2) is 15.8. The van der Waals surface area contributed by atoms with Gasteiger partial charge in [0, 0.05) is 38.5 Å². The maximum absolute atomic E-state index is 16.9. The third-order valence-corrected chi connectivity index (χ3v) is 16.7. The smallest absolute Gasteiger partial charge is 0.270 e. The quantitative estimate of drug-likeness (QED) is 0.122. The number of rotatable bonds is 6. The molecule has 13 aromatic rings. The van der Waals surface area contributed by atoms with Crippen LogP contribution in [0, 0.1) is 0 Å². The Labute approximate surface area is 403 Å². The molecule has 0 bridgehead atoms. The highest BCUT2D eigenvalue weighted by Gasteiger charge is 2.46. The molecular formula is C63H39N4O2P. The molecule has 11 aromatic carbocycles. The summed E-state index contributed by atoms with van der Waals surface area (Å²) in [5.74, 6) is 0.912. The summed E-state index contributed by atoms with van der Waals surface area (Å²) in [7, 11) is -3.88. The molecule has 6 nitrogen and oxygen atoms in total. The van der Waals surface area contributed by atoms with Crippen molar-refractivity contribution in [1.82, 2.24) is 15.0 Å². The number of benzene rings is 11. The number of para-hydroxylation sites is 1. The lowest BCUT2D eigenvalue weighted by molar-refractivity contribution is 0.585. The van der Waals surface area contributed by atoms with Crippen LogP contribution in [-0.2, 0) is 4.57 Å². The van der Waals surface area contributed by atoms with Crippen LogP contribution in [-0.4, -0.2) is 15.0 Å². The Morgan fingerprint density at radius 2 is 0.886 bits per heavy atom. The normalized spacial score (nSPS) is 14.4. The van der Waals surface area contributed by atoms with Crippen molar-refractivity contribution in [3.8, 4) is 56.2 Å². The highest BCUT2D eigenvalue weighted by molar-refractivity contribution is 7.80. The van der Waals surface area contributed by atoms with Crippen molar-refractivity contribution >= 4 is 83.8 Å². The molecule has 1 unspecified atom stereocenters. The largest absolute Gasteiger partial charge is 0.456 e. The average Bonchev–Trinajstić information content (AvgIpc) is 3.82. The molecule has 3 heterocycles. The lowest BCUT2D eigenvalue weighted by Crippen LogP contribution is -2.37. The van der Waals surface area contributed by atoms with Gasteiger partial charge in [0.15, 0.2) is 11.6 Å². The van der Waals surface area contributed by atoms with E-state index in [1.165, 1.54) is 32.3 Å². The van der Waals surface area contributed by atoms with Gasteiger partial charge in [-0.25, -0.2) is 15.0 Å². The maximum atomic E-state index is 16.9. The van der Waals surface area contributed by atoms with E-state index in [0.717, 1.165) is 77.8 Å². The van der Waals surface area contributed by atoms with E-state index in [1.54, 1.807) is 0 Å². The first-order valence-corrected chi connectivity index (χ1v) is 25.1. The number of furan rings is 1. The van der Waals surface area contributed by atoms with Crippen molar-refractivity contribution in [1.29, 1.82) is 0 Å². The molecule has 1 aliphatic rings. The monoisotopic (exact) mass is 914 g/mol. The minimum Gasteiger partial charge on any atom is -0.456 e. The summed E-state index contributed by atoms with van der Waals surface area (Å²) in [6.07, 6.45) is 0. The second-order valence-electron chi connectivity index (χ2n) is 17.8. The van der Waals surface area contributed by atoms with Gasteiger partial charge in [0.2, 0.25) is 5.57 Å². The van der Waals surface area contributed by atoms with Crippen LogP contribution in [0.5, 0.6) is 0 Å². The maximum Gasteiger partial charge on any atom is 0.270 e. The third-order valence-electron chi connectivity index (χ3n) is 13.9. The summed E-state index contributed by atoms with van der Waals surface area (Å²) in [4.78, 5) is 15.2. The molecule has 0 N–H and O–H groups in total. The van der Waals surface area contributed by atoms with Crippen molar-refractivity contribution in [2.24, 2.45) is 0 Å². The van der Waals surface area contributed by atoms with Crippen molar-refractivity contribution in [3.05, 3.63) is 237 Å². The first kappa shape index (κ1) is 40.1. The molecule has 328 valence electrons. The van der Waals surface area contributed by atoms with Crippen LogP contribution in [0.2, 0.25) is 0 Å². The average molecular weight is 915 g/mol. The summed E-state index contributed by atoms with van der Waals surface area (Å²) in [5, 5.41) is 10.2. The lowest BCUT2D eigenvalue weighted by Gasteiger charge is -2.39. The Bertz CT molecular complexity index is 4190. The number of aromatic nitrogens is 3. The predicted octanol–water partition coefficient (Wildman–Crippen LogP) is 15.9. The van der Waals surface area contributed by atoms with Crippen LogP contribution in [0.25, 0.3) is 110 Å². The predicted molar refractivity (Wildman–Crippen MR) is 289 cm³/mol. The third kappa shape index (κ3) is 6.20. The van der Waals surface area contributed by atoms with Crippen LogP contribution in [0.3, 0.4) is 0 Å². The molecule has 14 rings (SSSR count). The van der Waals surface area contributed by atoms with Gasteiger partial charge in [-0.3, -0.25) is 9.24 Å². The molecule has 1 atom stereocenters.